The Kier molecular flexibility index (Phi) is 8.97. The number of aromatic nitrogens is 1. The molecule has 232 valence electrons. The predicted octanol–water partition coefficient (Wildman–Crippen LogP) is 5.93. The number of aryl methyl sites for hydroxylation is 2. The number of sulfonamides is 1. The highest BCUT2D eigenvalue weighted by Gasteiger charge is 2.33. The van der Waals surface area contributed by atoms with Gasteiger partial charge in [0.25, 0.3) is 0 Å². The molecule has 1 N–H and O–H groups in total. The molecule has 0 saturated carbocycles. The van der Waals surface area contributed by atoms with Crippen LogP contribution in [-0.2, 0) is 40.6 Å². The van der Waals surface area contributed by atoms with Crippen LogP contribution in [0.25, 0.3) is 11.5 Å². The Morgan fingerprint density at radius 3 is 2.43 bits per heavy atom. The number of carbonyl (C=O) groups is 1. The summed E-state index contributed by atoms with van der Waals surface area (Å²) < 4.78 is 81.5. The maximum absolute atomic E-state index is 13.4. The summed E-state index contributed by atoms with van der Waals surface area (Å²) in [5, 5.41) is 9.25. The quantitative estimate of drug-likeness (QED) is 0.217. The summed E-state index contributed by atoms with van der Waals surface area (Å²) in [6, 6.07) is 17.0. The molecule has 0 radical (unpaired) electrons. The SMILES string of the molecule is Cc1oc(-c2ccccc2)nc1CCOc1ccc(CCC(=O)O)c2c1CCN(S(=O)(=O)c1ccc(OC(F)(F)F)cc1)C2. The third-order valence-corrected chi connectivity index (χ3v) is 9.10. The van der Waals surface area contributed by atoms with Crippen LogP contribution in [0.4, 0.5) is 13.2 Å². The van der Waals surface area contributed by atoms with Crippen molar-refractivity contribution in [2.24, 2.45) is 0 Å². The van der Waals surface area contributed by atoms with Crippen molar-refractivity contribution < 1.29 is 45.4 Å². The molecule has 0 fully saturated rings. The summed E-state index contributed by atoms with van der Waals surface area (Å²) in [7, 11) is -4.08. The highest BCUT2D eigenvalue weighted by atomic mass is 32.2. The second-order valence-corrected chi connectivity index (χ2v) is 12.1. The number of fused-ring (bicyclic) bond motifs is 1. The van der Waals surface area contributed by atoms with Crippen LogP contribution in [0.3, 0.4) is 0 Å². The number of oxazole rings is 1. The van der Waals surface area contributed by atoms with Crippen molar-refractivity contribution in [2.75, 3.05) is 13.2 Å². The van der Waals surface area contributed by atoms with Crippen molar-refractivity contribution in [1.82, 2.24) is 9.29 Å². The van der Waals surface area contributed by atoms with E-state index in [1.165, 1.54) is 4.31 Å². The monoisotopic (exact) mass is 630 g/mol. The van der Waals surface area contributed by atoms with Crippen molar-refractivity contribution in [2.45, 2.75) is 50.4 Å². The third kappa shape index (κ3) is 7.22. The maximum Gasteiger partial charge on any atom is 0.573 e. The normalized spacial score (nSPS) is 13.8. The Morgan fingerprint density at radius 1 is 1.02 bits per heavy atom. The van der Waals surface area contributed by atoms with Gasteiger partial charge in [-0.05, 0) is 73.4 Å². The molecule has 13 heteroatoms. The molecule has 1 aliphatic heterocycles. The summed E-state index contributed by atoms with van der Waals surface area (Å²) in [5.41, 5.74) is 3.73. The standard InChI is InChI=1S/C31H29F3N2O7S/c1-20-27(35-30(42-20)22-5-3-2-4-6-22)16-18-41-28-13-7-21(8-14-29(37)38)26-19-36(17-15-25(26)28)44(39,40)24-11-9-23(10-12-24)43-31(32,33)34/h2-7,9-13H,8,14-19H2,1H3,(H,37,38). The fourth-order valence-electron chi connectivity index (χ4n) is 5.08. The van der Waals surface area contributed by atoms with Crippen molar-refractivity contribution in [3.63, 3.8) is 0 Å². The molecule has 0 amide bonds. The van der Waals surface area contributed by atoms with Crippen LogP contribution in [0.15, 0.2) is 76.0 Å². The lowest BCUT2D eigenvalue weighted by Gasteiger charge is -2.31. The summed E-state index contributed by atoms with van der Waals surface area (Å²) in [6.45, 7) is 2.15. The Labute approximate surface area is 251 Å². The molecule has 0 spiro atoms. The largest absolute Gasteiger partial charge is 0.573 e. The number of alkyl halides is 3. The zero-order chi connectivity index (χ0) is 31.5. The van der Waals surface area contributed by atoms with E-state index in [0.29, 0.717) is 41.4 Å². The Hall–Kier alpha value is -4.36. The molecule has 3 aromatic carbocycles. The van der Waals surface area contributed by atoms with Gasteiger partial charge in [0, 0.05) is 37.1 Å². The predicted molar refractivity (Wildman–Crippen MR) is 153 cm³/mol. The number of rotatable bonds is 11. The number of halogens is 3. The van der Waals surface area contributed by atoms with E-state index in [1.807, 2.05) is 37.3 Å². The molecule has 1 aliphatic rings. The first kappa shape index (κ1) is 31.1. The first-order valence-corrected chi connectivity index (χ1v) is 15.2. The van der Waals surface area contributed by atoms with Gasteiger partial charge >= 0.3 is 12.3 Å². The number of carboxylic acid groups (broad SMARTS) is 1. The number of carboxylic acids is 1. The van der Waals surface area contributed by atoms with E-state index in [4.69, 9.17) is 9.15 Å². The third-order valence-electron chi connectivity index (χ3n) is 7.24. The van der Waals surface area contributed by atoms with Crippen molar-refractivity contribution >= 4 is 16.0 Å². The average Bonchev–Trinajstić information content (AvgIpc) is 3.36. The minimum atomic E-state index is -4.90. The van der Waals surface area contributed by atoms with E-state index in [1.54, 1.807) is 12.1 Å². The van der Waals surface area contributed by atoms with Crippen LogP contribution in [0.2, 0.25) is 0 Å². The molecule has 2 heterocycles. The minimum Gasteiger partial charge on any atom is -0.493 e. The number of benzene rings is 3. The van der Waals surface area contributed by atoms with Crippen LogP contribution >= 0.6 is 0 Å². The van der Waals surface area contributed by atoms with Gasteiger partial charge in [-0.1, -0.05) is 24.3 Å². The van der Waals surface area contributed by atoms with Gasteiger partial charge in [0.2, 0.25) is 15.9 Å². The lowest BCUT2D eigenvalue weighted by atomic mass is 9.92. The second-order valence-electron chi connectivity index (χ2n) is 10.2. The molecule has 44 heavy (non-hydrogen) atoms. The van der Waals surface area contributed by atoms with Gasteiger partial charge in [-0.15, -0.1) is 13.2 Å². The molecule has 0 atom stereocenters. The van der Waals surface area contributed by atoms with Gasteiger partial charge in [-0.25, -0.2) is 13.4 Å². The number of aliphatic carboxylic acids is 1. The Morgan fingerprint density at radius 2 is 1.75 bits per heavy atom. The average molecular weight is 631 g/mol. The smallest absolute Gasteiger partial charge is 0.493 e. The first-order chi connectivity index (χ1) is 20.9. The van der Waals surface area contributed by atoms with E-state index in [-0.39, 0.29) is 37.4 Å². The summed E-state index contributed by atoms with van der Waals surface area (Å²) in [6.07, 6.45) is -4.10. The molecule has 1 aromatic heterocycles. The molecule has 0 saturated heterocycles. The van der Waals surface area contributed by atoms with Gasteiger partial charge < -0.3 is 19.0 Å². The van der Waals surface area contributed by atoms with Crippen molar-refractivity contribution in [3.8, 4) is 23.0 Å². The van der Waals surface area contributed by atoms with E-state index in [9.17, 15) is 31.5 Å². The highest BCUT2D eigenvalue weighted by molar-refractivity contribution is 7.89. The van der Waals surface area contributed by atoms with Crippen LogP contribution in [0.5, 0.6) is 11.5 Å². The molecular formula is C31H29F3N2O7S. The maximum atomic E-state index is 13.4. The van der Waals surface area contributed by atoms with E-state index < -0.39 is 28.1 Å². The number of hydrogen-bond donors (Lipinski definition) is 1. The second kappa shape index (κ2) is 12.7. The molecule has 0 aliphatic carbocycles. The van der Waals surface area contributed by atoms with Gasteiger partial charge in [0.15, 0.2) is 0 Å². The molecule has 4 aromatic rings. The first-order valence-electron chi connectivity index (χ1n) is 13.8. The Bertz CT molecular complexity index is 1740. The van der Waals surface area contributed by atoms with Crippen LogP contribution in [0, 0.1) is 6.92 Å². The van der Waals surface area contributed by atoms with E-state index >= 15 is 0 Å². The fourth-order valence-corrected chi connectivity index (χ4v) is 6.49. The number of hydrogen-bond acceptors (Lipinski definition) is 7. The van der Waals surface area contributed by atoms with Crippen LogP contribution in [0.1, 0.15) is 34.6 Å². The summed E-state index contributed by atoms with van der Waals surface area (Å²) >= 11 is 0. The summed E-state index contributed by atoms with van der Waals surface area (Å²) in [5.74, 6) is 0.238. The molecule has 0 unspecified atom stereocenters. The van der Waals surface area contributed by atoms with E-state index in [0.717, 1.165) is 41.1 Å². The number of nitrogens with zero attached hydrogens (tertiary/aromatic N) is 2. The summed E-state index contributed by atoms with van der Waals surface area (Å²) in [4.78, 5) is 15.7. The minimum absolute atomic E-state index is 0.0482. The zero-order valence-corrected chi connectivity index (χ0v) is 24.5. The van der Waals surface area contributed by atoms with Crippen molar-refractivity contribution in [3.05, 3.63) is 94.9 Å². The fraction of sp³-hybridized carbons (Fsp3) is 0.290. The molecule has 0 bridgehead atoms. The van der Waals surface area contributed by atoms with Gasteiger partial charge in [-0.2, -0.15) is 4.31 Å². The molecule has 5 rings (SSSR count). The van der Waals surface area contributed by atoms with Gasteiger partial charge in [0.1, 0.15) is 17.3 Å². The van der Waals surface area contributed by atoms with Crippen LogP contribution < -0.4 is 9.47 Å². The van der Waals surface area contributed by atoms with E-state index in [2.05, 4.69) is 9.72 Å². The number of ether oxygens (including phenoxy) is 2. The highest BCUT2D eigenvalue weighted by Crippen LogP contribution is 2.35. The molecular weight excluding hydrogens is 601 g/mol. The van der Waals surface area contributed by atoms with Gasteiger partial charge in [-0.3, -0.25) is 4.79 Å². The van der Waals surface area contributed by atoms with Crippen molar-refractivity contribution in [1.29, 1.82) is 0 Å². The topological polar surface area (TPSA) is 119 Å². The lowest BCUT2D eigenvalue weighted by molar-refractivity contribution is -0.274. The Balaban J connectivity index is 1.34. The van der Waals surface area contributed by atoms with Gasteiger partial charge in [0.05, 0.1) is 17.2 Å². The molecule has 9 nitrogen and oxygen atoms in total. The lowest BCUT2D eigenvalue weighted by Crippen LogP contribution is -2.36. The van der Waals surface area contributed by atoms with Crippen LogP contribution in [-0.4, -0.2) is 48.3 Å². The zero-order valence-electron chi connectivity index (χ0n) is 23.6.